The zero-order valence-corrected chi connectivity index (χ0v) is 15.6. The molecule has 0 saturated heterocycles. The number of halogens is 6. The van der Waals surface area contributed by atoms with Gasteiger partial charge in [0.2, 0.25) is 0 Å². The van der Waals surface area contributed by atoms with Crippen LogP contribution in [-0.2, 0) is 19.1 Å². The summed E-state index contributed by atoms with van der Waals surface area (Å²) in [4.78, 5) is 28.5. The van der Waals surface area contributed by atoms with Gasteiger partial charge >= 0.3 is 24.3 Å². The number of dihydropyridines is 1. The first kappa shape index (κ1) is 23.2. The van der Waals surface area contributed by atoms with Gasteiger partial charge in [-0.05, 0) is 31.5 Å². The largest absolute Gasteiger partial charge is 0.463 e. The summed E-state index contributed by atoms with van der Waals surface area (Å²) in [6.45, 7) is 1.93. The first-order valence-corrected chi connectivity index (χ1v) is 8.57. The number of allylic oxidation sites excluding steroid dienone is 2. The second-order valence-electron chi connectivity index (χ2n) is 5.85. The lowest BCUT2D eigenvalue weighted by Crippen LogP contribution is -2.43. The number of alkyl halides is 6. The van der Waals surface area contributed by atoms with E-state index >= 15 is 0 Å². The maximum absolute atomic E-state index is 13.7. The molecule has 0 aliphatic carbocycles. The highest BCUT2D eigenvalue weighted by atomic mass is 19.4. The maximum Gasteiger partial charge on any atom is 0.431 e. The van der Waals surface area contributed by atoms with Gasteiger partial charge in [-0.25, -0.2) is 9.59 Å². The molecule has 164 valence electrons. The molecular formula is C18H16F6N2O4. The normalized spacial score (nSPS) is 15.7. The number of hydrogen-bond donors (Lipinski definition) is 1. The molecule has 1 aliphatic heterocycles. The van der Waals surface area contributed by atoms with Crippen LogP contribution in [0.25, 0.3) is 0 Å². The van der Waals surface area contributed by atoms with Crippen LogP contribution >= 0.6 is 0 Å². The topological polar surface area (TPSA) is 77.5 Å². The average Bonchev–Trinajstić information content (AvgIpc) is 2.65. The molecule has 0 bridgehead atoms. The Morgan fingerprint density at radius 1 is 0.900 bits per heavy atom. The van der Waals surface area contributed by atoms with Crippen LogP contribution in [0.2, 0.25) is 0 Å². The van der Waals surface area contributed by atoms with E-state index in [0.29, 0.717) is 0 Å². The van der Waals surface area contributed by atoms with E-state index in [1.165, 1.54) is 19.2 Å². The van der Waals surface area contributed by atoms with Crippen LogP contribution < -0.4 is 5.32 Å². The molecule has 0 amide bonds. The summed E-state index contributed by atoms with van der Waals surface area (Å²) in [6.07, 6.45) is -8.57. The molecule has 1 N–H and O–H groups in total. The van der Waals surface area contributed by atoms with Gasteiger partial charge in [0.25, 0.3) is 0 Å². The fourth-order valence-electron chi connectivity index (χ4n) is 2.89. The number of nitrogens with zero attached hydrogens (tertiary/aromatic N) is 1. The second-order valence-corrected chi connectivity index (χ2v) is 5.85. The van der Waals surface area contributed by atoms with Crippen molar-refractivity contribution in [3.05, 3.63) is 52.6 Å². The average molecular weight is 438 g/mol. The summed E-state index contributed by atoms with van der Waals surface area (Å²) < 4.78 is 91.4. The third kappa shape index (κ3) is 4.74. The molecule has 6 nitrogen and oxygen atoms in total. The van der Waals surface area contributed by atoms with Crippen molar-refractivity contribution < 1.29 is 45.4 Å². The number of nitrogens with one attached hydrogen (secondary N) is 1. The molecule has 2 heterocycles. The predicted molar refractivity (Wildman–Crippen MR) is 89.5 cm³/mol. The van der Waals surface area contributed by atoms with Crippen LogP contribution in [0.15, 0.2) is 47.1 Å². The minimum atomic E-state index is -5.38. The van der Waals surface area contributed by atoms with E-state index in [-0.39, 0.29) is 18.8 Å². The van der Waals surface area contributed by atoms with Gasteiger partial charge in [0.15, 0.2) is 0 Å². The smallest absolute Gasteiger partial charge is 0.431 e. The summed E-state index contributed by atoms with van der Waals surface area (Å²) in [5.41, 5.74) is -6.52. The second kappa shape index (κ2) is 8.76. The number of rotatable bonds is 5. The molecule has 0 atom stereocenters. The minimum absolute atomic E-state index is 0.207. The molecule has 12 heteroatoms. The number of carbonyl (C=O) groups is 2. The molecular weight excluding hydrogens is 422 g/mol. The third-order valence-electron chi connectivity index (χ3n) is 3.96. The standard InChI is InChI=1S/C18H16F6N2O4/c1-3-29-15(27)11-10(9-5-7-25-8-6-9)12(16(28)30-4-2)14(18(22,23)24)26-13(11)17(19,20)21/h5-8,10,26H,3-4H2,1-2H3. The fourth-order valence-corrected chi connectivity index (χ4v) is 2.89. The van der Waals surface area contributed by atoms with Crippen LogP contribution in [0.3, 0.4) is 0 Å². The summed E-state index contributed by atoms with van der Waals surface area (Å²) in [7, 11) is 0. The van der Waals surface area contributed by atoms with E-state index in [2.05, 4.69) is 14.5 Å². The van der Waals surface area contributed by atoms with E-state index < -0.39 is 52.7 Å². The first-order valence-electron chi connectivity index (χ1n) is 8.57. The number of esters is 2. The molecule has 2 rings (SSSR count). The van der Waals surface area contributed by atoms with Crippen LogP contribution in [-0.4, -0.2) is 42.5 Å². The number of hydrogen-bond acceptors (Lipinski definition) is 6. The number of ether oxygens (including phenoxy) is 2. The molecule has 0 aromatic carbocycles. The Hall–Kier alpha value is -3.05. The van der Waals surface area contributed by atoms with Crippen molar-refractivity contribution in [2.24, 2.45) is 0 Å². The Balaban J connectivity index is 2.92. The molecule has 0 fully saturated rings. The fraction of sp³-hybridized carbons (Fsp3) is 0.389. The third-order valence-corrected chi connectivity index (χ3v) is 3.96. The molecule has 0 spiro atoms. The molecule has 1 aromatic rings. The van der Waals surface area contributed by atoms with E-state index in [4.69, 9.17) is 0 Å². The lowest BCUT2D eigenvalue weighted by molar-refractivity contribution is -0.143. The zero-order valence-electron chi connectivity index (χ0n) is 15.6. The van der Waals surface area contributed by atoms with E-state index in [9.17, 15) is 35.9 Å². The predicted octanol–water partition coefficient (Wildman–Crippen LogP) is 3.53. The van der Waals surface area contributed by atoms with Gasteiger partial charge in [-0.1, -0.05) is 0 Å². The number of pyridine rings is 1. The maximum atomic E-state index is 13.7. The molecule has 0 unspecified atom stereocenters. The Labute approximate surface area is 166 Å². The van der Waals surface area contributed by atoms with Gasteiger partial charge in [0.05, 0.1) is 30.3 Å². The summed E-state index contributed by atoms with van der Waals surface area (Å²) in [5.74, 6) is -5.11. The van der Waals surface area contributed by atoms with Crippen LogP contribution in [0.1, 0.15) is 25.3 Å². The Morgan fingerprint density at radius 2 is 1.30 bits per heavy atom. The highest BCUT2D eigenvalue weighted by Gasteiger charge is 2.53. The van der Waals surface area contributed by atoms with Gasteiger partial charge < -0.3 is 14.8 Å². The summed E-state index contributed by atoms with van der Waals surface area (Å²) >= 11 is 0. The van der Waals surface area contributed by atoms with Gasteiger partial charge in [0, 0.05) is 12.4 Å². The Bertz CT molecular complexity index is 823. The van der Waals surface area contributed by atoms with E-state index in [1.54, 1.807) is 0 Å². The highest BCUT2D eigenvalue weighted by Crippen LogP contribution is 2.46. The van der Waals surface area contributed by atoms with Crippen molar-refractivity contribution in [2.45, 2.75) is 32.1 Å². The van der Waals surface area contributed by atoms with Crippen molar-refractivity contribution >= 4 is 11.9 Å². The Kier molecular flexibility index (Phi) is 6.78. The van der Waals surface area contributed by atoms with Crippen LogP contribution in [0, 0.1) is 0 Å². The molecule has 1 aromatic heterocycles. The molecule has 0 radical (unpaired) electrons. The van der Waals surface area contributed by atoms with Crippen molar-refractivity contribution in [2.75, 3.05) is 13.2 Å². The zero-order chi connectivity index (χ0) is 22.7. The summed E-state index contributed by atoms with van der Waals surface area (Å²) in [5, 5.41) is 1.20. The summed E-state index contributed by atoms with van der Waals surface area (Å²) in [6, 6.07) is 2.19. The number of carbonyl (C=O) groups excluding carboxylic acids is 2. The SMILES string of the molecule is CCOC(=O)C1=C(C(F)(F)F)NC(C(F)(F)F)=C(C(=O)OCC)C1c1ccncc1. The minimum Gasteiger partial charge on any atom is -0.463 e. The Morgan fingerprint density at radius 3 is 1.63 bits per heavy atom. The van der Waals surface area contributed by atoms with Gasteiger partial charge in [-0.3, -0.25) is 4.98 Å². The lowest BCUT2D eigenvalue weighted by atomic mass is 9.80. The van der Waals surface area contributed by atoms with Crippen molar-refractivity contribution in [3.63, 3.8) is 0 Å². The van der Waals surface area contributed by atoms with Crippen molar-refractivity contribution in [1.29, 1.82) is 0 Å². The quantitative estimate of drug-likeness (QED) is 0.560. The monoisotopic (exact) mass is 438 g/mol. The van der Waals surface area contributed by atoms with Gasteiger partial charge in [-0.15, -0.1) is 0 Å². The first-order chi connectivity index (χ1) is 13.9. The number of aromatic nitrogens is 1. The van der Waals surface area contributed by atoms with Gasteiger partial charge in [-0.2, -0.15) is 26.3 Å². The van der Waals surface area contributed by atoms with E-state index in [1.807, 2.05) is 0 Å². The van der Waals surface area contributed by atoms with E-state index in [0.717, 1.165) is 24.5 Å². The van der Waals surface area contributed by atoms with Gasteiger partial charge in [0.1, 0.15) is 11.4 Å². The van der Waals surface area contributed by atoms with Crippen molar-refractivity contribution in [1.82, 2.24) is 10.3 Å². The highest BCUT2D eigenvalue weighted by molar-refractivity contribution is 6.00. The van der Waals surface area contributed by atoms with Crippen LogP contribution in [0.5, 0.6) is 0 Å². The van der Waals surface area contributed by atoms with Crippen molar-refractivity contribution in [3.8, 4) is 0 Å². The molecule has 30 heavy (non-hydrogen) atoms. The molecule has 1 aliphatic rings. The molecule has 0 saturated carbocycles. The van der Waals surface area contributed by atoms with Crippen LogP contribution in [0.4, 0.5) is 26.3 Å². The lowest BCUT2D eigenvalue weighted by Gasteiger charge is -2.33.